The molecule has 0 saturated carbocycles. The summed E-state index contributed by atoms with van der Waals surface area (Å²) in [5.74, 6) is 0.0943. The van der Waals surface area contributed by atoms with Gasteiger partial charge in [-0.25, -0.2) is 0 Å². The third-order valence-corrected chi connectivity index (χ3v) is 6.16. The zero-order chi connectivity index (χ0) is 20.5. The first-order chi connectivity index (χ1) is 14.7. The molecule has 0 aliphatic carbocycles. The summed E-state index contributed by atoms with van der Waals surface area (Å²) in [7, 11) is 0. The number of carbonyl (C=O) groups is 1. The summed E-state index contributed by atoms with van der Waals surface area (Å²) in [6.45, 7) is 1.96. The molecule has 1 fully saturated rings. The van der Waals surface area contributed by atoms with E-state index in [0.717, 1.165) is 33.7 Å². The SMILES string of the molecule is O=C(O)C1CN(Cc2cc(-c3noc(-c4cccc(-c5ccccc5)c4)n3)cs2)C1. The van der Waals surface area contributed by atoms with Gasteiger partial charge < -0.3 is 9.63 Å². The van der Waals surface area contributed by atoms with E-state index in [1.807, 2.05) is 41.8 Å². The van der Waals surface area contributed by atoms with E-state index in [2.05, 4.69) is 39.3 Å². The summed E-state index contributed by atoms with van der Waals surface area (Å²) in [5, 5.41) is 15.2. The number of hydrogen-bond donors (Lipinski definition) is 1. The smallest absolute Gasteiger partial charge is 0.309 e. The van der Waals surface area contributed by atoms with Crippen molar-refractivity contribution in [3.05, 3.63) is 70.9 Å². The number of aromatic nitrogens is 2. The molecule has 6 nitrogen and oxygen atoms in total. The first-order valence-electron chi connectivity index (χ1n) is 9.68. The molecule has 2 aromatic carbocycles. The van der Waals surface area contributed by atoms with Gasteiger partial charge in [-0.2, -0.15) is 4.98 Å². The molecule has 30 heavy (non-hydrogen) atoms. The van der Waals surface area contributed by atoms with E-state index in [1.54, 1.807) is 11.3 Å². The van der Waals surface area contributed by atoms with E-state index in [4.69, 9.17) is 9.63 Å². The molecule has 3 heterocycles. The predicted octanol–water partition coefficient (Wildman–Crippen LogP) is 4.65. The minimum absolute atomic E-state index is 0.240. The second-order valence-electron chi connectivity index (χ2n) is 7.40. The highest BCUT2D eigenvalue weighted by atomic mass is 32.1. The molecule has 0 unspecified atom stereocenters. The third kappa shape index (κ3) is 3.77. The van der Waals surface area contributed by atoms with E-state index in [0.29, 0.717) is 24.8 Å². The van der Waals surface area contributed by atoms with Crippen molar-refractivity contribution in [2.24, 2.45) is 5.92 Å². The van der Waals surface area contributed by atoms with Gasteiger partial charge in [0.05, 0.1) is 5.92 Å². The van der Waals surface area contributed by atoms with E-state index < -0.39 is 5.97 Å². The fourth-order valence-electron chi connectivity index (χ4n) is 3.58. The number of benzene rings is 2. The molecule has 2 aromatic heterocycles. The molecule has 1 aliphatic heterocycles. The van der Waals surface area contributed by atoms with Crippen LogP contribution in [0.3, 0.4) is 0 Å². The molecular formula is C23H19N3O3S. The second kappa shape index (κ2) is 7.85. The van der Waals surface area contributed by atoms with E-state index in [-0.39, 0.29) is 5.92 Å². The first kappa shape index (κ1) is 18.7. The van der Waals surface area contributed by atoms with Crippen LogP contribution in [0.15, 0.2) is 70.6 Å². The number of likely N-dealkylation sites (tertiary alicyclic amines) is 1. The van der Waals surface area contributed by atoms with Crippen molar-refractivity contribution in [1.29, 1.82) is 0 Å². The standard InChI is InChI=1S/C23H19N3O3S/c27-23(28)19-11-26(12-19)13-20-10-18(14-30-20)21-24-22(29-25-21)17-8-4-7-16(9-17)15-5-2-1-3-6-15/h1-10,14,19H,11-13H2,(H,27,28). The zero-order valence-electron chi connectivity index (χ0n) is 16.1. The molecule has 5 rings (SSSR count). The van der Waals surface area contributed by atoms with Gasteiger partial charge in [-0.15, -0.1) is 11.3 Å². The molecule has 0 atom stereocenters. The number of nitrogens with zero attached hydrogens (tertiary/aromatic N) is 3. The van der Waals surface area contributed by atoms with Crippen molar-refractivity contribution >= 4 is 17.3 Å². The summed E-state index contributed by atoms with van der Waals surface area (Å²) in [6, 6.07) is 20.3. The van der Waals surface area contributed by atoms with Crippen LogP contribution >= 0.6 is 11.3 Å². The Labute approximate surface area is 177 Å². The van der Waals surface area contributed by atoms with Gasteiger partial charge in [0.15, 0.2) is 0 Å². The number of thiophene rings is 1. The van der Waals surface area contributed by atoms with Crippen LogP contribution in [0.5, 0.6) is 0 Å². The maximum atomic E-state index is 10.9. The van der Waals surface area contributed by atoms with Crippen molar-refractivity contribution in [2.75, 3.05) is 13.1 Å². The van der Waals surface area contributed by atoms with Crippen LogP contribution in [0.1, 0.15) is 4.88 Å². The van der Waals surface area contributed by atoms with Crippen LogP contribution < -0.4 is 0 Å². The van der Waals surface area contributed by atoms with E-state index in [9.17, 15) is 4.79 Å². The third-order valence-electron chi connectivity index (χ3n) is 5.24. The number of carboxylic acids is 1. The van der Waals surface area contributed by atoms with Crippen molar-refractivity contribution in [2.45, 2.75) is 6.54 Å². The molecular weight excluding hydrogens is 398 g/mol. The van der Waals surface area contributed by atoms with Crippen molar-refractivity contribution in [1.82, 2.24) is 15.0 Å². The Balaban J connectivity index is 1.31. The molecule has 0 bridgehead atoms. The van der Waals surface area contributed by atoms with Gasteiger partial charge in [0, 0.05) is 41.0 Å². The number of carboxylic acid groups (broad SMARTS) is 1. The molecule has 4 aromatic rings. The van der Waals surface area contributed by atoms with Crippen LogP contribution in [-0.4, -0.2) is 39.2 Å². The summed E-state index contributed by atoms with van der Waals surface area (Å²) >= 11 is 1.63. The Bertz CT molecular complexity index is 1180. The lowest BCUT2D eigenvalue weighted by molar-refractivity contribution is -0.147. The number of aliphatic carboxylic acids is 1. The molecule has 150 valence electrons. The van der Waals surface area contributed by atoms with Gasteiger partial charge in [-0.05, 0) is 29.3 Å². The molecule has 0 spiro atoms. The summed E-state index contributed by atoms with van der Waals surface area (Å²) in [4.78, 5) is 18.8. The first-order valence-corrected chi connectivity index (χ1v) is 10.6. The Morgan fingerprint density at radius 1 is 1.03 bits per heavy atom. The van der Waals surface area contributed by atoms with Gasteiger partial charge in [0.2, 0.25) is 5.82 Å². The van der Waals surface area contributed by atoms with Crippen LogP contribution in [-0.2, 0) is 11.3 Å². The van der Waals surface area contributed by atoms with Gasteiger partial charge in [-0.3, -0.25) is 9.69 Å². The van der Waals surface area contributed by atoms with Crippen molar-refractivity contribution in [3.63, 3.8) is 0 Å². The molecule has 0 radical (unpaired) electrons. The fourth-order valence-corrected chi connectivity index (χ4v) is 4.48. The second-order valence-corrected chi connectivity index (χ2v) is 8.40. The van der Waals surface area contributed by atoms with Gasteiger partial charge in [0.25, 0.3) is 5.89 Å². The fraction of sp³-hybridized carbons (Fsp3) is 0.174. The Morgan fingerprint density at radius 2 is 1.80 bits per heavy atom. The van der Waals surface area contributed by atoms with Gasteiger partial charge in [-0.1, -0.05) is 47.6 Å². The Hall–Kier alpha value is -3.29. The van der Waals surface area contributed by atoms with Crippen molar-refractivity contribution in [3.8, 4) is 34.0 Å². The topological polar surface area (TPSA) is 79.5 Å². The highest BCUT2D eigenvalue weighted by Crippen LogP contribution is 2.30. The summed E-state index contributed by atoms with van der Waals surface area (Å²) < 4.78 is 5.53. The van der Waals surface area contributed by atoms with E-state index >= 15 is 0 Å². The molecule has 7 heteroatoms. The number of rotatable bonds is 6. The van der Waals surface area contributed by atoms with Crippen LogP contribution in [0.25, 0.3) is 34.0 Å². The van der Waals surface area contributed by atoms with Crippen molar-refractivity contribution < 1.29 is 14.4 Å². The highest BCUT2D eigenvalue weighted by Gasteiger charge is 2.32. The lowest BCUT2D eigenvalue weighted by Crippen LogP contribution is -2.49. The van der Waals surface area contributed by atoms with Crippen LogP contribution in [0.2, 0.25) is 0 Å². The average Bonchev–Trinajstić information content (AvgIpc) is 3.40. The zero-order valence-corrected chi connectivity index (χ0v) is 16.9. The Kier molecular flexibility index (Phi) is 4.90. The van der Waals surface area contributed by atoms with Gasteiger partial charge in [0.1, 0.15) is 0 Å². The lowest BCUT2D eigenvalue weighted by atomic mass is 10.0. The number of hydrogen-bond acceptors (Lipinski definition) is 6. The van der Waals surface area contributed by atoms with Gasteiger partial charge >= 0.3 is 5.97 Å². The minimum atomic E-state index is -0.714. The molecule has 1 N–H and O–H groups in total. The maximum Gasteiger partial charge on any atom is 0.309 e. The highest BCUT2D eigenvalue weighted by molar-refractivity contribution is 7.10. The summed E-state index contributed by atoms with van der Waals surface area (Å²) in [5.41, 5.74) is 4.03. The lowest BCUT2D eigenvalue weighted by Gasteiger charge is -2.36. The monoisotopic (exact) mass is 417 g/mol. The molecule has 0 amide bonds. The Morgan fingerprint density at radius 3 is 2.60 bits per heavy atom. The predicted molar refractivity (Wildman–Crippen MR) is 115 cm³/mol. The van der Waals surface area contributed by atoms with Crippen LogP contribution in [0, 0.1) is 5.92 Å². The molecule has 1 saturated heterocycles. The largest absolute Gasteiger partial charge is 0.481 e. The van der Waals surface area contributed by atoms with Crippen LogP contribution in [0.4, 0.5) is 0 Å². The normalized spacial score (nSPS) is 14.5. The average molecular weight is 417 g/mol. The minimum Gasteiger partial charge on any atom is -0.481 e. The molecule has 1 aliphatic rings. The van der Waals surface area contributed by atoms with E-state index in [1.165, 1.54) is 0 Å². The summed E-state index contributed by atoms with van der Waals surface area (Å²) in [6.07, 6.45) is 0. The quantitative estimate of drug-likeness (QED) is 0.492. The maximum absolute atomic E-state index is 10.9.